The lowest BCUT2D eigenvalue weighted by Gasteiger charge is -2.04. The van der Waals surface area contributed by atoms with E-state index in [1.165, 1.54) is 11.1 Å². The molecule has 0 saturated carbocycles. The maximum absolute atomic E-state index is 4.26. The zero-order valence-corrected chi connectivity index (χ0v) is 11.6. The van der Waals surface area contributed by atoms with Crippen molar-refractivity contribution in [2.75, 3.05) is 0 Å². The first kappa shape index (κ1) is 11.4. The van der Waals surface area contributed by atoms with Gasteiger partial charge in [-0.1, -0.05) is 40.2 Å². The van der Waals surface area contributed by atoms with Crippen molar-refractivity contribution in [3.8, 4) is 0 Å². The van der Waals surface area contributed by atoms with E-state index in [2.05, 4.69) is 57.3 Å². The van der Waals surface area contributed by atoms with Crippen LogP contribution in [0.2, 0.25) is 0 Å². The zero-order chi connectivity index (χ0) is 12.5. The van der Waals surface area contributed by atoms with Gasteiger partial charge in [0.1, 0.15) is 5.82 Å². The van der Waals surface area contributed by atoms with Crippen molar-refractivity contribution in [3.63, 3.8) is 0 Å². The van der Waals surface area contributed by atoms with Gasteiger partial charge < -0.3 is 0 Å². The molecule has 0 spiro atoms. The Bertz CT molecular complexity index is 703. The summed E-state index contributed by atoms with van der Waals surface area (Å²) in [5, 5.41) is 8.45. The third-order valence-electron chi connectivity index (χ3n) is 3.05. The van der Waals surface area contributed by atoms with Crippen LogP contribution in [-0.4, -0.2) is 14.6 Å². The summed E-state index contributed by atoms with van der Waals surface area (Å²) in [4.78, 5) is 0. The van der Waals surface area contributed by atoms with E-state index in [0.29, 0.717) is 0 Å². The molecule has 3 nitrogen and oxygen atoms in total. The number of hydrogen-bond acceptors (Lipinski definition) is 2. The maximum atomic E-state index is 4.26. The molecule has 3 aromatic rings. The lowest BCUT2D eigenvalue weighted by Crippen LogP contribution is -1.97. The lowest BCUT2D eigenvalue weighted by atomic mass is 10.1. The molecular weight excluding hydrogens is 290 g/mol. The van der Waals surface area contributed by atoms with Gasteiger partial charge in [-0.3, -0.25) is 4.40 Å². The Morgan fingerprint density at radius 1 is 1.17 bits per heavy atom. The van der Waals surface area contributed by atoms with Gasteiger partial charge in [0, 0.05) is 17.1 Å². The van der Waals surface area contributed by atoms with Crippen molar-refractivity contribution < 1.29 is 0 Å². The summed E-state index contributed by atoms with van der Waals surface area (Å²) >= 11 is 3.44. The summed E-state index contributed by atoms with van der Waals surface area (Å²) in [7, 11) is 0. The third kappa shape index (κ3) is 2.04. The van der Waals surface area contributed by atoms with Crippen molar-refractivity contribution >= 4 is 21.6 Å². The van der Waals surface area contributed by atoms with Crippen molar-refractivity contribution in [2.24, 2.45) is 0 Å². The van der Waals surface area contributed by atoms with Gasteiger partial charge in [-0.2, -0.15) is 0 Å². The zero-order valence-electron chi connectivity index (χ0n) is 9.97. The van der Waals surface area contributed by atoms with Crippen LogP contribution in [-0.2, 0) is 6.42 Å². The summed E-state index contributed by atoms with van der Waals surface area (Å²) in [5.41, 5.74) is 3.44. The normalized spacial score (nSPS) is 11.0. The van der Waals surface area contributed by atoms with Crippen molar-refractivity contribution in [3.05, 3.63) is 64.0 Å². The fraction of sp³-hybridized carbons (Fsp3) is 0.143. The highest BCUT2D eigenvalue weighted by Gasteiger charge is 2.07. The first-order valence-corrected chi connectivity index (χ1v) is 6.57. The summed E-state index contributed by atoms with van der Waals surface area (Å²) < 4.78 is 3.04. The second-order valence-electron chi connectivity index (χ2n) is 4.29. The summed E-state index contributed by atoms with van der Waals surface area (Å²) in [6.45, 7) is 2.12. The smallest absolute Gasteiger partial charge is 0.161 e. The van der Waals surface area contributed by atoms with Crippen molar-refractivity contribution in [2.45, 2.75) is 13.3 Å². The molecule has 3 rings (SSSR count). The van der Waals surface area contributed by atoms with Crippen LogP contribution in [0.5, 0.6) is 0 Å². The average Bonchev–Trinajstić information content (AvgIpc) is 2.74. The lowest BCUT2D eigenvalue weighted by molar-refractivity contribution is 0.928. The number of aromatic nitrogens is 3. The van der Waals surface area contributed by atoms with Crippen LogP contribution in [0.15, 0.2) is 47.1 Å². The van der Waals surface area contributed by atoms with Gasteiger partial charge in [0.15, 0.2) is 5.65 Å². The van der Waals surface area contributed by atoms with E-state index < -0.39 is 0 Å². The minimum absolute atomic E-state index is 0.801. The molecule has 18 heavy (non-hydrogen) atoms. The molecule has 0 N–H and O–H groups in total. The van der Waals surface area contributed by atoms with E-state index in [0.717, 1.165) is 22.4 Å². The molecule has 2 aromatic heterocycles. The highest BCUT2D eigenvalue weighted by atomic mass is 79.9. The minimum atomic E-state index is 0.801. The predicted molar refractivity (Wildman–Crippen MR) is 74.7 cm³/mol. The van der Waals surface area contributed by atoms with Crippen LogP contribution in [0.1, 0.15) is 17.0 Å². The Morgan fingerprint density at radius 2 is 2.00 bits per heavy atom. The Labute approximate surface area is 114 Å². The molecule has 0 aliphatic rings. The van der Waals surface area contributed by atoms with E-state index in [1.54, 1.807) is 0 Å². The van der Waals surface area contributed by atoms with Gasteiger partial charge in [0.2, 0.25) is 0 Å². The van der Waals surface area contributed by atoms with Gasteiger partial charge in [-0.05, 0) is 30.2 Å². The number of rotatable bonds is 2. The average molecular weight is 302 g/mol. The van der Waals surface area contributed by atoms with Gasteiger partial charge in [0.05, 0.1) is 0 Å². The number of hydrogen-bond donors (Lipinski definition) is 0. The Morgan fingerprint density at radius 3 is 2.83 bits per heavy atom. The molecule has 0 atom stereocenters. The number of halogens is 1. The number of fused-ring (bicyclic) bond motifs is 1. The predicted octanol–water partition coefficient (Wildman–Crippen LogP) is 3.39. The highest BCUT2D eigenvalue weighted by Crippen LogP contribution is 2.16. The molecule has 4 heteroatoms. The largest absolute Gasteiger partial charge is 0.286 e. The van der Waals surface area contributed by atoms with Gasteiger partial charge in [0.25, 0.3) is 0 Å². The number of pyridine rings is 1. The number of aryl methyl sites for hydroxylation is 1. The standard InChI is InChI=1S/C14H12BrN3/c1-10-4-2-3-5-11(10)8-13-16-17-14-9-12(15)6-7-18(13)14/h2-7,9H,8H2,1H3. The van der Waals surface area contributed by atoms with Crippen molar-refractivity contribution in [1.29, 1.82) is 0 Å². The fourth-order valence-electron chi connectivity index (χ4n) is 2.01. The number of benzene rings is 1. The van der Waals surface area contributed by atoms with Gasteiger partial charge in [-0.25, -0.2) is 0 Å². The topological polar surface area (TPSA) is 30.2 Å². The molecule has 0 unspecified atom stereocenters. The second kappa shape index (κ2) is 4.53. The van der Waals surface area contributed by atoms with E-state index in [4.69, 9.17) is 0 Å². The van der Waals surface area contributed by atoms with Gasteiger partial charge in [-0.15, -0.1) is 10.2 Å². The SMILES string of the molecule is Cc1ccccc1Cc1nnc2cc(Br)ccn12. The summed E-state index contributed by atoms with van der Waals surface area (Å²) in [6.07, 6.45) is 2.79. The van der Waals surface area contributed by atoms with E-state index >= 15 is 0 Å². The van der Waals surface area contributed by atoms with Crippen molar-refractivity contribution in [1.82, 2.24) is 14.6 Å². The molecular formula is C14H12BrN3. The first-order valence-electron chi connectivity index (χ1n) is 5.78. The third-order valence-corrected chi connectivity index (χ3v) is 3.55. The fourth-order valence-corrected chi connectivity index (χ4v) is 2.34. The number of nitrogens with zero attached hydrogens (tertiary/aromatic N) is 3. The maximum Gasteiger partial charge on any atom is 0.161 e. The van der Waals surface area contributed by atoms with Crippen LogP contribution in [0.4, 0.5) is 0 Å². The second-order valence-corrected chi connectivity index (χ2v) is 5.21. The minimum Gasteiger partial charge on any atom is -0.286 e. The summed E-state index contributed by atoms with van der Waals surface area (Å²) in [6, 6.07) is 12.3. The van der Waals surface area contributed by atoms with Crippen LogP contribution < -0.4 is 0 Å². The molecule has 0 saturated heterocycles. The Hall–Kier alpha value is -1.68. The van der Waals surface area contributed by atoms with Crippen LogP contribution in [0.25, 0.3) is 5.65 Å². The highest BCUT2D eigenvalue weighted by molar-refractivity contribution is 9.10. The molecule has 0 radical (unpaired) electrons. The molecule has 2 heterocycles. The summed E-state index contributed by atoms with van der Waals surface area (Å²) in [5.74, 6) is 0.965. The van der Waals surface area contributed by atoms with E-state index in [1.807, 2.05) is 22.7 Å². The van der Waals surface area contributed by atoms with Crippen LogP contribution >= 0.6 is 15.9 Å². The Kier molecular flexibility index (Phi) is 2.88. The van der Waals surface area contributed by atoms with Crippen LogP contribution in [0, 0.1) is 6.92 Å². The monoisotopic (exact) mass is 301 g/mol. The molecule has 0 aliphatic heterocycles. The Balaban J connectivity index is 2.03. The molecule has 1 aromatic carbocycles. The quantitative estimate of drug-likeness (QED) is 0.726. The first-order chi connectivity index (χ1) is 8.74. The van der Waals surface area contributed by atoms with E-state index in [9.17, 15) is 0 Å². The molecule has 0 fully saturated rings. The van der Waals surface area contributed by atoms with Crippen LogP contribution in [0.3, 0.4) is 0 Å². The molecule has 0 amide bonds. The van der Waals surface area contributed by atoms with Gasteiger partial charge >= 0.3 is 0 Å². The molecule has 0 bridgehead atoms. The van der Waals surface area contributed by atoms with E-state index in [-0.39, 0.29) is 0 Å². The molecule has 0 aliphatic carbocycles. The molecule has 90 valence electrons.